The fraction of sp³-hybridized carbons (Fsp3) is 0.600. The first kappa shape index (κ1) is 14.9. The molecule has 0 saturated carbocycles. The van der Waals surface area contributed by atoms with Crippen molar-refractivity contribution in [3.8, 4) is 5.88 Å². The number of hydrogen-bond donors (Lipinski definition) is 0. The lowest BCUT2D eigenvalue weighted by Crippen LogP contribution is -2.11. The van der Waals surface area contributed by atoms with Gasteiger partial charge in [-0.1, -0.05) is 0 Å². The molecule has 0 aliphatic rings. The standard InChI is InChI=1S/C10H13BrF2N2O3/c1-3-15-9(18-5-6(12)13)7(11)8(14-15)10(16)17-4-2/h6H,3-5H2,1-2H3. The molecule has 1 rings (SSSR count). The number of rotatable bonds is 6. The van der Waals surface area contributed by atoms with Gasteiger partial charge >= 0.3 is 5.97 Å². The predicted molar refractivity (Wildman–Crippen MR) is 63.1 cm³/mol. The summed E-state index contributed by atoms with van der Waals surface area (Å²) < 4.78 is 35.5. The topological polar surface area (TPSA) is 53.3 Å². The van der Waals surface area contributed by atoms with Crippen LogP contribution in [0.1, 0.15) is 24.3 Å². The van der Waals surface area contributed by atoms with Gasteiger partial charge in [0.05, 0.1) is 6.61 Å². The van der Waals surface area contributed by atoms with Crippen LogP contribution in [0.15, 0.2) is 4.47 Å². The van der Waals surface area contributed by atoms with Crippen LogP contribution in [0, 0.1) is 0 Å². The van der Waals surface area contributed by atoms with E-state index in [-0.39, 0.29) is 22.7 Å². The maximum Gasteiger partial charge on any atom is 0.360 e. The molecule has 0 radical (unpaired) electrons. The molecule has 0 aromatic carbocycles. The number of nitrogens with zero attached hydrogens (tertiary/aromatic N) is 2. The molecular weight excluding hydrogens is 314 g/mol. The van der Waals surface area contributed by atoms with Crippen molar-refractivity contribution in [2.75, 3.05) is 13.2 Å². The predicted octanol–water partition coefficient (Wildman–Crippen LogP) is 2.49. The van der Waals surface area contributed by atoms with Crippen molar-refractivity contribution in [2.45, 2.75) is 26.8 Å². The highest BCUT2D eigenvalue weighted by Gasteiger charge is 2.23. The molecule has 1 aromatic rings. The van der Waals surface area contributed by atoms with Crippen LogP contribution in [0.4, 0.5) is 8.78 Å². The van der Waals surface area contributed by atoms with Crippen molar-refractivity contribution in [1.29, 1.82) is 0 Å². The summed E-state index contributed by atoms with van der Waals surface area (Å²) in [5.74, 6) is -0.528. The Morgan fingerprint density at radius 3 is 2.67 bits per heavy atom. The minimum absolute atomic E-state index is 0.0166. The molecule has 0 atom stereocenters. The van der Waals surface area contributed by atoms with Gasteiger partial charge in [-0.05, 0) is 29.8 Å². The lowest BCUT2D eigenvalue weighted by Gasteiger charge is -2.07. The third-order valence-corrected chi connectivity index (χ3v) is 2.68. The number of esters is 1. The first-order valence-corrected chi connectivity index (χ1v) is 6.14. The number of halogens is 3. The Labute approximate surface area is 111 Å². The zero-order chi connectivity index (χ0) is 13.7. The summed E-state index contributed by atoms with van der Waals surface area (Å²) in [7, 11) is 0. The van der Waals surface area contributed by atoms with E-state index in [4.69, 9.17) is 9.47 Å². The van der Waals surface area contributed by atoms with Gasteiger partial charge in [0.25, 0.3) is 6.43 Å². The smallest absolute Gasteiger partial charge is 0.360 e. The van der Waals surface area contributed by atoms with Crippen LogP contribution in [-0.2, 0) is 11.3 Å². The van der Waals surface area contributed by atoms with Crippen molar-refractivity contribution in [2.24, 2.45) is 0 Å². The summed E-state index contributed by atoms with van der Waals surface area (Å²) in [6.45, 7) is 3.25. The number of hydrogen-bond acceptors (Lipinski definition) is 4. The van der Waals surface area contributed by atoms with E-state index in [1.165, 1.54) is 4.68 Å². The van der Waals surface area contributed by atoms with Gasteiger partial charge in [-0.2, -0.15) is 5.10 Å². The zero-order valence-electron chi connectivity index (χ0n) is 9.95. The normalized spacial score (nSPS) is 10.8. The zero-order valence-corrected chi connectivity index (χ0v) is 11.5. The molecule has 102 valence electrons. The van der Waals surface area contributed by atoms with Gasteiger partial charge in [0.15, 0.2) is 12.3 Å². The summed E-state index contributed by atoms with van der Waals surface area (Å²) in [4.78, 5) is 11.6. The van der Waals surface area contributed by atoms with Gasteiger partial charge in [-0.15, -0.1) is 0 Å². The Balaban J connectivity index is 2.98. The molecule has 1 aromatic heterocycles. The average molecular weight is 327 g/mol. The Kier molecular flexibility index (Phi) is 5.52. The number of carbonyl (C=O) groups excluding carboxylic acids is 1. The number of aromatic nitrogens is 2. The van der Waals surface area contributed by atoms with Crippen molar-refractivity contribution in [3.63, 3.8) is 0 Å². The number of alkyl halides is 2. The maximum atomic E-state index is 12.1. The van der Waals surface area contributed by atoms with Crippen molar-refractivity contribution in [3.05, 3.63) is 10.2 Å². The van der Waals surface area contributed by atoms with Crippen LogP contribution in [0.2, 0.25) is 0 Å². The minimum atomic E-state index is -2.59. The first-order chi connectivity index (χ1) is 8.51. The van der Waals surface area contributed by atoms with Crippen LogP contribution in [0.25, 0.3) is 0 Å². The summed E-state index contributed by atoms with van der Waals surface area (Å²) in [6.07, 6.45) is -2.59. The largest absolute Gasteiger partial charge is 0.471 e. The molecule has 8 heteroatoms. The van der Waals surface area contributed by atoms with Gasteiger partial charge in [0.2, 0.25) is 5.88 Å². The van der Waals surface area contributed by atoms with E-state index in [2.05, 4.69) is 21.0 Å². The third kappa shape index (κ3) is 3.41. The van der Waals surface area contributed by atoms with E-state index in [1.807, 2.05) is 0 Å². The molecule has 0 spiro atoms. The SMILES string of the molecule is CCOC(=O)c1nn(CC)c(OCC(F)F)c1Br. The molecule has 0 N–H and O–H groups in total. The Hall–Kier alpha value is -1.18. The van der Waals surface area contributed by atoms with Gasteiger partial charge < -0.3 is 9.47 Å². The van der Waals surface area contributed by atoms with Gasteiger partial charge in [-0.25, -0.2) is 18.3 Å². The van der Waals surface area contributed by atoms with E-state index in [1.54, 1.807) is 13.8 Å². The lowest BCUT2D eigenvalue weighted by atomic mass is 10.4. The van der Waals surface area contributed by atoms with Crippen LogP contribution < -0.4 is 4.74 Å². The van der Waals surface area contributed by atoms with Crippen molar-refractivity contribution >= 4 is 21.9 Å². The molecule has 18 heavy (non-hydrogen) atoms. The van der Waals surface area contributed by atoms with Crippen LogP contribution in [-0.4, -0.2) is 35.4 Å². The van der Waals surface area contributed by atoms with E-state index in [0.717, 1.165) is 0 Å². The Bertz CT molecular complexity index is 424. The second kappa shape index (κ2) is 6.67. The molecule has 0 fully saturated rings. The first-order valence-electron chi connectivity index (χ1n) is 5.35. The van der Waals surface area contributed by atoms with Gasteiger partial charge in [0.1, 0.15) is 4.47 Å². The van der Waals surface area contributed by atoms with E-state index in [0.29, 0.717) is 6.54 Å². The number of aryl methyl sites for hydroxylation is 1. The fourth-order valence-corrected chi connectivity index (χ4v) is 1.81. The summed E-state index contributed by atoms with van der Waals surface area (Å²) >= 11 is 3.11. The number of ether oxygens (including phenoxy) is 2. The van der Waals surface area contributed by atoms with Crippen LogP contribution in [0.5, 0.6) is 5.88 Å². The molecule has 1 heterocycles. The summed E-state index contributed by atoms with van der Waals surface area (Å²) in [5, 5.41) is 3.95. The van der Waals surface area contributed by atoms with Gasteiger partial charge in [-0.3, -0.25) is 0 Å². The maximum absolute atomic E-state index is 12.1. The van der Waals surface area contributed by atoms with E-state index in [9.17, 15) is 13.6 Å². The van der Waals surface area contributed by atoms with E-state index >= 15 is 0 Å². The number of carbonyl (C=O) groups is 1. The lowest BCUT2D eigenvalue weighted by molar-refractivity contribution is 0.0517. The molecule has 0 saturated heterocycles. The highest BCUT2D eigenvalue weighted by atomic mass is 79.9. The van der Waals surface area contributed by atoms with E-state index < -0.39 is 19.0 Å². The van der Waals surface area contributed by atoms with Crippen LogP contribution >= 0.6 is 15.9 Å². The molecule has 0 bridgehead atoms. The van der Waals surface area contributed by atoms with Gasteiger partial charge in [0, 0.05) is 6.54 Å². The third-order valence-electron chi connectivity index (χ3n) is 1.97. The summed E-state index contributed by atoms with van der Waals surface area (Å²) in [5.41, 5.74) is 0.0166. The molecule has 0 amide bonds. The second-order valence-corrected chi connectivity index (χ2v) is 4.00. The minimum Gasteiger partial charge on any atom is -0.471 e. The molecular formula is C10H13BrF2N2O3. The van der Waals surface area contributed by atoms with Crippen LogP contribution in [0.3, 0.4) is 0 Å². The molecule has 0 aliphatic heterocycles. The second-order valence-electron chi connectivity index (χ2n) is 3.21. The Morgan fingerprint density at radius 2 is 2.17 bits per heavy atom. The highest BCUT2D eigenvalue weighted by Crippen LogP contribution is 2.29. The van der Waals surface area contributed by atoms with Crippen molar-refractivity contribution < 1.29 is 23.0 Å². The fourth-order valence-electron chi connectivity index (χ4n) is 1.25. The highest BCUT2D eigenvalue weighted by molar-refractivity contribution is 9.10. The quantitative estimate of drug-likeness (QED) is 0.754. The molecule has 5 nitrogen and oxygen atoms in total. The molecule has 0 unspecified atom stereocenters. The molecule has 0 aliphatic carbocycles. The van der Waals surface area contributed by atoms with Crippen molar-refractivity contribution in [1.82, 2.24) is 9.78 Å². The Morgan fingerprint density at radius 1 is 1.50 bits per heavy atom. The summed E-state index contributed by atoms with van der Waals surface area (Å²) in [6, 6.07) is 0. The average Bonchev–Trinajstić information content (AvgIpc) is 2.63. The monoisotopic (exact) mass is 326 g/mol.